The second kappa shape index (κ2) is 8.73. The maximum atomic E-state index is 12.5. The van der Waals surface area contributed by atoms with Gasteiger partial charge in [-0.05, 0) is 38.5 Å². The molecule has 22 heavy (non-hydrogen) atoms. The molecule has 2 atom stereocenters. The van der Waals surface area contributed by atoms with Crippen molar-refractivity contribution in [1.29, 1.82) is 0 Å². The van der Waals surface area contributed by atoms with Gasteiger partial charge in [-0.25, -0.2) is 0 Å². The fourth-order valence-electron chi connectivity index (χ4n) is 3.56. The van der Waals surface area contributed by atoms with E-state index < -0.39 is 5.54 Å². The number of nitrogens with one attached hydrogen (secondary N) is 2. The molecule has 2 amide bonds. The van der Waals surface area contributed by atoms with Crippen molar-refractivity contribution in [2.75, 3.05) is 6.54 Å². The molecule has 0 aliphatic heterocycles. The first-order chi connectivity index (χ1) is 10.1. The van der Waals surface area contributed by atoms with E-state index >= 15 is 0 Å². The Hall–Kier alpha value is -0.810. The van der Waals surface area contributed by atoms with E-state index in [1.54, 1.807) is 0 Å². The van der Waals surface area contributed by atoms with Crippen molar-refractivity contribution in [1.82, 2.24) is 10.6 Å². The second-order valence-electron chi connectivity index (χ2n) is 6.66. The highest BCUT2D eigenvalue weighted by Crippen LogP contribution is 2.31. The van der Waals surface area contributed by atoms with Crippen LogP contribution in [-0.4, -0.2) is 29.9 Å². The number of carbonyl (C=O) groups is 2. The zero-order valence-corrected chi connectivity index (χ0v) is 14.3. The molecule has 2 fully saturated rings. The molecular formula is C16H30ClN3O2. The molecule has 2 saturated carbocycles. The third kappa shape index (κ3) is 4.59. The average molecular weight is 332 g/mol. The molecule has 0 radical (unpaired) electrons. The van der Waals surface area contributed by atoms with Crippen molar-refractivity contribution >= 4 is 24.2 Å². The fourth-order valence-corrected chi connectivity index (χ4v) is 3.56. The van der Waals surface area contributed by atoms with Crippen LogP contribution in [0, 0.1) is 5.92 Å². The molecule has 0 aromatic heterocycles. The largest absolute Gasteiger partial charge is 0.354 e. The molecule has 2 aliphatic carbocycles. The minimum Gasteiger partial charge on any atom is -0.354 e. The smallest absolute Gasteiger partial charge is 0.245 e. The van der Waals surface area contributed by atoms with Gasteiger partial charge in [-0.2, -0.15) is 0 Å². The molecule has 6 heteroatoms. The van der Waals surface area contributed by atoms with Gasteiger partial charge in [-0.3, -0.25) is 9.59 Å². The molecule has 5 nitrogen and oxygen atoms in total. The summed E-state index contributed by atoms with van der Waals surface area (Å²) in [6.45, 7) is 2.71. The minimum absolute atomic E-state index is 0. The number of rotatable bonds is 5. The van der Waals surface area contributed by atoms with E-state index in [-0.39, 0.29) is 36.2 Å². The van der Waals surface area contributed by atoms with Crippen LogP contribution in [0.5, 0.6) is 0 Å². The molecule has 0 saturated heterocycles. The Kier molecular flexibility index (Phi) is 7.63. The van der Waals surface area contributed by atoms with Gasteiger partial charge >= 0.3 is 0 Å². The first-order valence-corrected chi connectivity index (χ1v) is 8.43. The molecule has 2 unspecified atom stereocenters. The highest BCUT2D eigenvalue weighted by Gasteiger charge is 2.42. The standard InChI is InChI=1S/C16H29N3O2.ClH/c1-2-10-18-15(21)16(8-4-3-5-9-16)19-14(20)12-6-7-13(17)11-12;/h12-13H,2-11,17H2,1H3,(H,18,21)(H,19,20);1H. The van der Waals surface area contributed by atoms with Crippen LogP contribution in [0.3, 0.4) is 0 Å². The van der Waals surface area contributed by atoms with Gasteiger partial charge in [0.15, 0.2) is 0 Å². The molecule has 0 heterocycles. The van der Waals surface area contributed by atoms with Gasteiger partial charge in [0.05, 0.1) is 0 Å². The van der Waals surface area contributed by atoms with E-state index in [1.165, 1.54) is 0 Å². The van der Waals surface area contributed by atoms with Crippen LogP contribution < -0.4 is 16.4 Å². The lowest BCUT2D eigenvalue weighted by Gasteiger charge is -2.37. The zero-order valence-electron chi connectivity index (χ0n) is 13.5. The van der Waals surface area contributed by atoms with Gasteiger partial charge in [0, 0.05) is 18.5 Å². The second-order valence-corrected chi connectivity index (χ2v) is 6.66. The van der Waals surface area contributed by atoms with Crippen LogP contribution in [0.1, 0.15) is 64.7 Å². The van der Waals surface area contributed by atoms with Gasteiger partial charge < -0.3 is 16.4 Å². The van der Waals surface area contributed by atoms with Gasteiger partial charge in [0.25, 0.3) is 0 Å². The highest BCUT2D eigenvalue weighted by atomic mass is 35.5. The Bertz CT molecular complexity index is 384. The maximum absolute atomic E-state index is 12.5. The number of nitrogens with two attached hydrogens (primary N) is 1. The van der Waals surface area contributed by atoms with Crippen molar-refractivity contribution in [3.05, 3.63) is 0 Å². The Morgan fingerprint density at radius 2 is 1.86 bits per heavy atom. The third-order valence-electron chi connectivity index (χ3n) is 4.88. The van der Waals surface area contributed by atoms with Gasteiger partial charge in [0.2, 0.25) is 11.8 Å². The summed E-state index contributed by atoms with van der Waals surface area (Å²) in [6.07, 6.45) is 8.08. The molecule has 0 aromatic carbocycles. The monoisotopic (exact) mass is 331 g/mol. The summed E-state index contributed by atoms with van der Waals surface area (Å²) in [6, 6.07) is 0.136. The number of hydrogen-bond acceptors (Lipinski definition) is 3. The van der Waals surface area contributed by atoms with E-state index in [2.05, 4.69) is 10.6 Å². The Morgan fingerprint density at radius 3 is 2.41 bits per heavy atom. The number of hydrogen-bond donors (Lipinski definition) is 3. The number of carbonyl (C=O) groups excluding carboxylic acids is 2. The summed E-state index contributed by atoms with van der Waals surface area (Å²) in [4.78, 5) is 25.0. The predicted molar refractivity (Wildman–Crippen MR) is 89.8 cm³/mol. The van der Waals surface area contributed by atoms with Crippen LogP contribution >= 0.6 is 12.4 Å². The molecule has 0 aromatic rings. The van der Waals surface area contributed by atoms with Crippen LogP contribution in [0.2, 0.25) is 0 Å². The first-order valence-electron chi connectivity index (χ1n) is 8.43. The summed E-state index contributed by atoms with van der Waals surface area (Å²) in [5, 5.41) is 6.07. The van der Waals surface area contributed by atoms with E-state index in [1.807, 2.05) is 6.92 Å². The normalized spacial score (nSPS) is 26.8. The SMILES string of the molecule is CCCNC(=O)C1(NC(=O)C2CCC(N)C2)CCCCC1.Cl. The number of halogens is 1. The lowest BCUT2D eigenvalue weighted by molar-refractivity contribution is -0.136. The van der Waals surface area contributed by atoms with Gasteiger partial charge in [0.1, 0.15) is 5.54 Å². The highest BCUT2D eigenvalue weighted by molar-refractivity contribution is 5.92. The van der Waals surface area contributed by atoms with Crippen LogP contribution in [-0.2, 0) is 9.59 Å². The molecule has 0 spiro atoms. The van der Waals surface area contributed by atoms with Crippen LogP contribution in [0.15, 0.2) is 0 Å². The summed E-state index contributed by atoms with van der Waals surface area (Å²) >= 11 is 0. The van der Waals surface area contributed by atoms with Crippen molar-refractivity contribution in [2.24, 2.45) is 11.7 Å². The molecule has 0 bridgehead atoms. The summed E-state index contributed by atoms with van der Waals surface area (Å²) in [5.41, 5.74) is 5.21. The van der Waals surface area contributed by atoms with Crippen molar-refractivity contribution < 1.29 is 9.59 Å². The number of amides is 2. The Labute approximate surface area is 139 Å². The summed E-state index contributed by atoms with van der Waals surface area (Å²) in [7, 11) is 0. The molecular weight excluding hydrogens is 302 g/mol. The van der Waals surface area contributed by atoms with E-state index in [0.717, 1.165) is 57.8 Å². The first kappa shape index (κ1) is 19.2. The maximum Gasteiger partial charge on any atom is 0.245 e. The summed E-state index contributed by atoms with van der Waals surface area (Å²) in [5.74, 6) is 0.00831. The van der Waals surface area contributed by atoms with E-state index in [9.17, 15) is 9.59 Å². The van der Waals surface area contributed by atoms with Crippen molar-refractivity contribution in [2.45, 2.75) is 76.3 Å². The third-order valence-corrected chi connectivity index (χ3v) is 4.88. The van der Waals surface area contributed by atoms with Crippen LogP contribution in [0.4, 0.5) is 0 Å². The fraction of sp³-hybridized carbons (Fsp3) is 0.875. The van der Waals surface area contributed by atoms with Crippen molar-refractivity contribution in [3.8, 4) is 0 Å². The van der Waals surface area contributed by atoms with Crippen molar-refractivity contribution in [3.63, 3.8) is 0 Å². The topological polar surface area (TPSA) is 84.2 Å². The average Bonchev–Trinajstić information content (AvgIpc) is 2.92. The quantitative estimate of drug-likeness (QED) is 0.719. The molecule has 128 valence electrons. The Balaban J connectivity index is 0.00000242. The van der Waals surface area contributed by atoms with E-state index in [0.29, 0.717) is 6.54 Å². The minimum atomic E-state index is -0.683. The molecule has 4 N–H and O–H groups in total. The van der Waals surface area contributed by atoms with Gasteiger partial charge in [-0.1, -0.05) is 26.2 Å². The molecule has 2 rings (SSSR count). The van der Waals surface area contributed by atoms with Gasteiger partial charge in [-0.15, -0.1) is 12.4 Å². The summed E-state index contributed by atoms with van der Waals surface area (Å²) < 4.78 is 0. The lowest BCUT2D eigenvalue weighted by atomic mass is 9.80. The lowest BCUT2D eigenvalue weighted by Crippen LogP contribution is -2.60. The molecule has 2 aliphatic rings. The Morgan fingerprint density at radius 1 is 1.18 bits per heavy atom. The predicted octanol–water partition coefficient (Wildman–Crippen LogP) is 1.88. The zero-order chi connectivity index (χ0) is 15.3. The van der Waals surface area contributed by atoms with Crippen LogP contribution in [0.25, 0.3) is 0 Å². The van der Waals surface area contributed by atoms with E-state index in [4.69, 9.17) is 5.73 Å².